The number of fused-ring (bicyclic) bond motifs is 1. The van der Waals surface area contributed by atoms with Crippen molar-refractivity contribution in [2.24, 2.45) is 0 Å². The lowest BCUT2D eigenvalue weighted by molar-refractivity contribution is 0.313. The highest BCUT2D eigenvalue weighted by molar-refractivity contribution is 5.82. The molecule has 1 aromatic carbocycles. The molecule has 0 radical (unpaired) electrons. The first-order valence-corrected chi connectivity index (χ1v) is 7.37. The Morgan fingerprint density at radius 3 is 2.76 bits per heavy atom. The van der Waals surface area contributed by atoms with Crippen molar-refractivity contribution >= 4 is 10.9 Å². The summed E-state index contributed by atoms with van der Waals surface area (Å²) in [7, 11) is 0. The van der Waals surface area contributed by atoms with Gasteiger partial charge in [-0.05, 0) is 38.8 Å². The highest BCUT2D eigenvalue weighted by atomic mass is 16.5. The molecule has 1 aromatic heterocycles. The zero-order valence-corrected chi connectivity index (χ0v) is 13.1. The third-order valence-corrected chi connectivity index (χ3v) is 3.16. The summed E-state index contributed by atoms with van der Waals surface area (Å²) in [6.07, 6.45) is 2.67. The van der Waals surface area contributed by atoms with Gasteiger partial charge in [0.05, 0.1) is 12.1 Å². The van der Waals surface area contributed by atoms with Gasteiger partial charge in [-0.2, -0.15) is 0 Å². The third kappa shape index (κ3) is 4.57. The number of hydrogen-bond acceptors (Lipinski definition) is 3. The summed E-state index contributed by atoms with van der Waals surface area (Å²) in [6, 6.07) is 10.2. The Morgan fingerprint density at radius 1 is 1.29 bits per heavy atom. The zero-order chi connectivity index (χ0) is 15.3. The number of benzene rings is 1. The SMILES string of the molecule is C=CCCOc1cc(CNC(C)(C)C)c2ccccc2n1. The Labute approximate surface area is 127 Å². The summed E-state index contributed by atoms with van der Waals surface area (Å²) in [4.78, 5) is 4.57. The van der Waals surface area contributed by atoms with Gasteiger partial charge >= 0.3 is 0 Å². The van der Waals surface area contributed by atoms with Crippen LogP contribution in [-0.4, -0.2) is 17.1 Å². The van der Waals surface area contributed by atoms with Crippen molar-refractivity contribution in [2.45, 2.75) is 39.3 Å². The van der Waals surface area contributed by atoms with Gasteiger partial charge in [0, 0.05) is 23.5 Å². The Kier molecular flexibility index (Phi) is 4.97. The van der Waals surface area contributed by atoms with E-state index in [1.54, 1.807) is 0 Å². The fourth-order valence-electron chi connectivity index (χ4n) is 2.05. The topological polar surface area (TPSA) is 34.1 Å². The molecule has 2 aromatic rings. The van der Waals surface area contributed by atoms with Crippen LogP contribution < -0.4 is 10.1 Å². The van der Waals surface area contributed by atoms with Gasteiger partial charge in [0.15, 0.2) is 0 Å². The number of aromatic nitrogens is 1. The molecule has 3 heteroatoms. The maximum atomic E-state index is 5.72. The van der Waals surface area contributed by atoms with Crippen molar-refractivity contribution in [3.05, 3.63) is 48.6 Å². The molecule has 2 rings (SSSR count). The molecule has 0 amide bonds. The molecule has 0 aliphatic carbocycles. The Hall–Kier alpha value is -1.87. The van der Waals surface area contributed by atoms with E-state index in [9.17, 15) is 0 Å². The fourth-order valence-corrected chi connectivity index (χ4v) is 2.05. The Morgan fingerprint density at radius 2 is 2.05 bits per heavy atom. The first-order chi connectivity index (χ1) is 9.99. The van der Waals surface area contributed by atoms with E-state index < -0.39 is 0 Å². The van der Waals surface area contributed by atoms with Crippen molar-refractivity contribution in [1.29, 1.82) is 0 Å². The van der Waals surface area contributed by atoms with Crippen molar-refractivity contribution in [1.82, 2.24) is 10.3 Å². The number of ether oxygens (including phenoxy) is 1. The molecule has 0 aliphatic rings. The van der Waals surface area contributed by atoms with Crippen molar-refractivity contribution < 1.29 is 4.74 Å². The van der Waals surface area contributed by atoms with Crippen LogP contribution in [0.5, 0.6) is 5.88 Å². The summed E-state index contributed by atoms with van der Waals surface area (Å²) in [6.45, 7) is 11.6. The molecule has 0 saturated carbocycles. The van der Waals surface area contributed by atoms with E-state index in [1.165, 1.54) is 10.9 Å². The fraction of sp³-hybridized carbons (Fsp3) is 0.389. The average molecular weight is 284 g/mol. The molecule has 3 nitrogen and oxygen atoms in total. The summed E-state index contributed by atoms with van der Waals surface area (Å²) in [5.74, 6) is 0.682. The van der Waals surface area contributed by atoms with E-state index in [1.807, 2.05) is 30.3 Å². The largest absolute Gasteiger partial charge is 0.477 e. The highest BCUT2D eigenvalue weighted by Gasteiger charge is 2.11. The Bertz CT molecular complexity index is 614. The van der Waals surface area contributed by atoms with Gasteiger partial charge in [0.25, 0.3) is 0 Å². The highest BCUT2D eigenvalue weighted by Crippen LogP contribution is 2.22. The minimum absolute atomic E-state index is 0.0776. The van der Waals surface area contributed by atoms with Crippen LogP contribution in [0.2, 0.25) is 0 Å². The quantitative estimate of drug-likeness (QED) is 0.641. The monoisotopic (exact) mass is 284 g/mol. The van der Waals surface area contributed by atoms with Gasteiger partial charge in [0.1, 0.15) is 0 Å². The van der Waals surface area contributed by atoms with Gasteiger partial charge in [-0.15, -0.1) is 6.58 Å². The van der Waals surface area contributed by atoms with Gasteiger partial charge in [-0.1, -0.05) is 24.3 Å². The van der Waals surface area contributed by atoms with Gasteiger partial charge < -0.3 is 10.1 Å². The Balaban J connectivity index is 2.29. The number of nitrogens with zero attached hydrogens (tertiary/aromatic N) is 1. The third-order valence-electron chi connectivity index (χ3n) is 3.16. The summed E-state index contributed by atoms with van der Waals surface area (Å²) in [5, 5.41) is 4.70. The van der Waals surface area contributed by atoms with Crippen LogP contribution in [0.25, 0.3) is 10.9 Å². The normalized spacial score (nSPS) is 11.6. The second-order valence-electron chi connectivity index (χ2n) is 6.17. The predicted molar refractivity (Wildman–Crippen MR) is 88.6 cm³/mol. The molecule has 0 spiro atoms. The van der Waals surface area contributed by atoms with Crippen LogP contribution in [0, 0.1) is 0 Å². The van der Waals surface area contributed by atoms with E-state index in [4.69, 9.17) is 4.74 Å². The number of pyridine rings is 1. The van der Waals surface area contributed by atoms with Gasteiger partial charge in [-0.25, -0.2) is 4.98 Å². The van der Waals surface area contributed by atoms with E-state index in [0.717, 1.165) is 18.5 Å². The van der Waals surface area contributed by atoms with Crippen LogP contribution in [-0.2, 0) is 6.54 Å². The summed E-state index contributed by atoms with van der Waals surface area (Å²) < 4.78 is 5.72. The second-order valence-corrected chi connectivity index (χ2v) is 6.17. The number of para-hydroxylation sites is 1. The van der Waals surface area contributed by atoms with Gasteiger partial charge in [0.2, 0.25) is 5.88 Å². The lowest BCUT2D eigenvalue weighted by Gasteiger charge is -2.21. The van der Waals surface area contributed by atoms with Crippen LogP contribution >= 0.6 is 0 Å². The first-order valence-electron chi connectivity index (χ1n) is 7.37. The molecule has 1 N–H and O–H groups in total. The minimum atomic E-state index is 0.0776. The molecule has 21 heavy (non-hydrogen) atoms. The smallest absolute Gasteiger partial charge is 0.214 e. The molecule has 0 saturated heterocycles. The maximum Gasteiger partial charge on any atom is 0.214 e. The van der Waals surface area contributed by atoms with E-state index in [2.05, 4.69) is 43.7 Å². The molecule has 112 valence electrons. The van der Waals surface area contributed by atoms with Crippen molar-refractivity contribution in [3.8, 4) is 5.88 Å². The molecule has 0 atom stereocenters. The van der Waals surface area contributed by atoms with Gasteiger partial charge in [-0.3, -0.25) is 0 Å². The zero-order valence-electron chi connectivity index (χ0n) is 13.1. The first kappa shape index (κ1) is 15.5. The van der Waals surface area contributed by atoms with E-state index in [-0.39, 0.29) is 5.54 Å². The standard InChI is InChI=1S/C18H24N2O/c1-5-6-11-21-17-12-14(13-19-18(2,3)4)15-9-7-8-10-16(15)20-17/h5,7-10,12,19H,1,6,11,13H2,2-4H3. The van der Waals surface area contributed by atoms with Crippen LogP contribution in [0.15, 0.2) is 43.0 Å². The molecule has 0 unspecified atom stereocenters. The van der Waals surface area contributed by atoms with E-state index in [0.29, 0.717) is 12.5 Å². The molecular weight excluding hydrogens is 260 g/mol. The minimum Gasteiger partial charge on any atom is -0.477 e. The molecule has 1 heterocycles. The van der Waals surface area contributed by atoms with E-state index >= 15 is 0 Å². The van der Waals surface area contributed by atoms with Crippen molar-refractivity contribution in [3.63, 3.8) is 0 Å². The molecule has 0 fully saturated rings. The number of hydrogen-bond donors (Lipinski definition) is 1. The lowest BCUT2D eigenvalue weighted by atomic mass is 10.1. The number of nitrogens with one attached hydrogen (secondary N) is 1. The molecule has 0 aliphatic heterocycles. The lowest BCUT2D eigenvalue weighted by Crippen LogP contribution is -2.35. The molecular formula is C18H24N2O. The summed E-state index contributed by atoms with van der Waals surface area (Å²) >= 11 is 0. The average Bonchev–Trinajstić information content (AvgIpc) is 2.44. The van der Waals surface area contributed by atoms with Crippen LogP contribution in [0.4, 0.5) is 0 Å². The van der Waals surface area contributed by atoms with Crippen LogP contribution in [0.1, 0.15) is 32.8 Å². The number of rotatable bonds is 6. The molecule has 0 bridgehead atoms. The second kappa shape index (κ2) is 6.72. The van der Waals surface area contributed by atoms with Crippen LogP contribution in [0.3, 0.4) is 0 Å². The predicted octanol–water partition coefficient (Wildman–Crippen LogP) is 4.08. The van der Waals surface area contributed by atoms with Crippen molar-refractivity contribution in [2.75, 3.05) is 6.61 Å². The maximum absolute atomic E-state index is 5.72. The summed E-state index contributed by atoms with van der Waals surface area (Å²) in [5.41, 5.74) is 2.26.